The molecule has 1 aliphatic rings. The number of nitrogens with one attached hydrogen (secondary N) is 2. The van der Waals surface area contributed by atoms with Crippen molar-refractivity contribution in [2.75, 3.05) is 32.2 Å². The summed E-state index contributed by atoms with van der Waals surface area (Å²) in [5.74, 6) is 2.00. The number of carbonyl (C=O) groups excluding carboxylic acids is 1. The van der Waals surface area contributed by atoms with Gasteiger partial charge in [0.05, 0.1) is 12.9 Å². The van der Waals surface area contributed by atoms with E-state index >= 15 is 0 Å². The molecular formula is C20H23ClN6O4. The molecule has 3 aromatic rings. The zero-order valence-electron chi connectivity index (χ0n) is 17.1. The van der Waals surface area contributed by atoms with Crippen LogP contribution in [0.4, 0.5) is 10.6 Å². The highest BCUT2D eigenvalue weighted by Crippen LogP contribution is 2.30. The number of imidazole rings is 1. The molecule has 0 saturated heterocycles. The zero-order chi connectivity index (χ0) is 21.6. The minimum absolute atomic E-state index is 0.164. The summed E-state index contributed by atoms with van der Waals surface area (Å²) in [6, 6.07) is 5.59. The Morgan fingerprint density at radius 2 is 2.06 bits per heavy atom. The molecule has 11 heteroatoms. The Labute approximate surface area is 183 Å². The Kier molecular flexibility index (Phi) is 6.56. The summed E-state index contributed by atoms with van der Waals surface area (Å²) in [4.78, 5) is 24.6. The Bertz CT molecular complexity index is 1070. The van der Waals surface area contributed by atoms with E-state index < -0.39 is 6.09 Å². The lowest BCUT2D eigenvalue weighted by molar-refractivity contribution is 0.143. The van der Waals surface area contributed by atoms with Gasteiger partial charge in [-0.1, -0.05) is 6.07 Å². The van der Waals surface area contributed by atoms with Crippen molar-refractivity contribution in [2.24, 2.45) is 0 Å². The van der Waals surface area contributed by atoms with Gasteiger partial charge < -0.3 is 29.4 Å². The van der Waals surface area contributed by atoms with Crippen molar-refractivity contribution < 1.29 is 19.0 Å². The van der Waals surface area contributed by atoms with Gasteiger partial charge in [-0.2, -0.15) is 9.97 Å². The number of nitrogens with zero attached hydrogens (tertiary/aromatic N) is 4. The van der Waals surface area contributed by atoms with Gasteiger partial charge in [0.2, 0.25) is 5.28 Å². The number of unbranched alkanes of at least 4 members (excludes halogenated alkanes) is 1. The Morgan fingerprint density at radius 1 is 1.23 bits per heavy atom. The molecule has 2 N–H and O–H groups in total. The Morgan fingerprint density at radius 3 is 2.90 bits per heavy atom. The molecule has 0 radical (unpaired) electrons. The fourth-order valence-corrected chi connectivity index (χ4v) is 3.39. The molecular weight excluding hydrogens is 424 g/mol. The van der Waals surface area contributed by atoms with Crippen LogP contribution >= 0.6 is 11.6 Å². The summed E-state index contributed by atoms with van der Waals surface area (Å²) in [6.07, 6.45) is 2.74. The van der Waals surface area contributed by atoms with Crippen LogP contribution in [0.2, 0.25) is 5.28 Å². The van der Waals surface area contributed by atoms with Gasteiger partial charge in [0, 0.05) is 20.1 Å². The van der Waals surface area contributed by atoms with Crippen LogP contribution in [0.25, 0.3) is 11.2 Å². The third-order valence-electron chi connectivity index (χ3n) is 4.74. The number of hydrogen-bond acceptors (Lipinski definition) is 8. The van der Waals surface area contributed by atoms with E-state index in [4.69, 9.17) is 25.8 Å². The van der Waals surface area contributed by atoms with E-state index in [0.29, 0.717) is 62.1 Å². The molecule has 1 aliphatic heterocycles. The number of ether oxygens (including phenoxy) is 3. The first-order chi connectivity index (χ1) is 15.1. The highest BCUT2D eigenvalue weighted by Gasteiger charge is 2.13. The van der Waals surface area contributed by atoms with Crippen molar-refractivity contribution in [3.05, 3.63) is 35.4 Å². The summed E-state index contributed by atoms with van der Waals surface area (Å²) in [5, 5.41) is 5.87. The number of aromatic nitrogens is 4. The van der Waals surface area contributed by atoms with E-state index in [2.05, 4.69) is 25.6 Å². The summed E-state index contributed by atoms with van der Waals surface area (Å²) >= 11 is 5.98. The number of fused-ring (bicyclic) bond motifs is 2. The number of anilines is 1. The van der Waals surface area contributed by atoms with Crippen molar-refractivity contribution in [2.45, 2.75) is 25.9 Å². The smallest absolute Gasteiger partial charge is 0.407 e. The predicted molar refractivity (Wildman–Crippen MR) is 115 cm³/mol. The molecule has 0 bridgehead atoms. The van der Waals surface area contributed by atoms with Crippen LogP contribution in [0.3, 0.4) is 0 Å². The maximum absolute atomic E-state index is 11.9. The summed E-state index contributed by atoms with van der Waals surface area (Å²) in [5.41, 5.74) is 2.25. The molecule has 164 valence electrons. The molecule has 0 spiro atoms. The van der Waals surface area contributed by atoms with Gasteiger partial charge in [-0.25, -0.2) is 9.78 Å². The van der Waals surface area contributed by atoms with E-state index in [0.717, 1.165) is 17.7 Å². The molecule has 0 saturated carbocycles. The van der Waals surface area contributed by atoms with E-state index in [1.54, 1.807) is 13.4 Å². The number of rotatable bonds is 8. The lowest BCUT2D eigenvalue weighted by Gasteiger charge is -2.18. The molecule has 0 aliphatic carbocycles. The van der Waals surface area contributed by atoms with Crippen molar-refractivity contribution in [1.82, 2.24) is 24.8 Å². The molecule has 10 nitrogen and oxygen atoms in total. The first kappa shape index (κ1) is 21.0. The van der Waals surface area contributed by atoms with Crippen LogP contribution in [-0.2, 0) is 17.8 Å². The number of amides is 1. The van der Waals surface area contributed by atoms with Crippen LogP contribution in [0.1, 0.15) is 18.4 Å². The standard InChI is InChI=1S/C20H23ClN6O4/c1-22-17-16-18(26-19(21)25-17)27(12-24-16)6-2-3-7-31-20(28)23-11-13-4-5-14-15(10-13)30-9-8-29-14/h4-5,10,12H,2-3,6-9,11H2,1H3,(H,23,28)(H,22,25,26). The third kappa shape index (κ3) is 5.08. The lowest BCUT2D eigenvalue weighted by atomic mass is 10.2. The molecule has 1 amide bonds. The molecule has 0 fully saturated rings. The van der Waals surface area contributed by atoms with Crippen molar-refractivity contribution >= 4 is 34.7 Å². The molecule has 4 rings (SSSR count). The number of hydrogen-bond donors (Lipinski definition) is 2. The highest BCUT2D eigenvalue weighted by molar-refractivity contribution is 6.28. The Hall–Kier alpha value is -3.27. The molecule has 2 aromatic heterocycles. The van der Waals surface area contributed by atoms with Crippen LogP contribution < -0.4 is 20.1 Å². The predicted octanol–water partition coefficient (Wildman–Crippen LogP) is 3.00. The van der Waals surface area contributed by atoms with E-state index in [-0.39, 0.29) is 5.28 Å². The molecule has 31 heavy (non-hydrogen) atoms. The second-order valence-corrected chi connectivity index (χ2v) is 7.21. The van der Waals surface area contributed by atoms with Gasteiger partial charge in [-0.3, -0.25) is 0 Å². The van der Waals surface area contributed by atoms with Gasteiger partial charge in [0.1, 0.15) is 13.2 Å². The summed E-state index contributed by atoms with van der Waals surface area (Å²) in [6.45, 7) is 2.42. The maximum Gasteiger partial charge on any atom is 0.407 e. The van der Waals surface area contributed by atoms with Crippen LogP contribution in [-0.4, -0.2) is 52.5 Å². The molecule has 0 unspecified atom stereocenters. The zero-order valence-corrected chi connectivity index (χ0v) is 17.8. The van der Waals surface area contributed by atoms with E-state index in [1.807, 2.05) is 22.8 Å². The minimum atomic E-state index is -0.457. The first-order valence-electron chi connectivity index (χ1n) is 9.99. The topological polar surface area (TPSA) is 112 Å². The second kappa shape index (κ2) is 9.69. The van der Waals surface area contributed by atoms with E-state index in [1.165, 1.54) is 0 Å². The average Bonchev–Trinajstić information content (AvgIpc) is 3.19. The third-order valence-corrected chi connectivity index (χ3v) is 4.91. The largest absolute Gasteiger partial charge is 0.486 e. The molecule has 3 heterocycles. The van der Waals surface area contributed by atoms with Gasteiger partial charge in [0.25, 0.3) is 0 Å². The van der Waals surface area contributed by atoms with Crippen molar-refractivity contribution in [1.29, 1.82) is 0 Å². The Balaban J connectivity index is 1.19. The van der Waals surface area contributed by atoms with Crippen molar-refractivity contribution in [3.63, 3.8) is 0 Å². The highest BCUT2D eigenvalue weighted by atomic mass is 35.5. The van der Waals surface area contributed by atoms with Gasteiger partial charge >= 0.3 is 6.09 Å². The van der Waals surface area contributed by atoms with E-state index in [9.17, 15) is 4.79 Å². The second-order valence-electron chi connectivity index (χ2n) is 6.88. The average molecular weight is 447 g/mol. The molecule has 0 atom stereocenters. The quantitative estimate of drug-likeness (QED) is 0.401. The minimum Gasteiger partial charge on any atom is -0.486 e. The summed E-state index contributed by atoms with van der Waals surface area (Å²) < 4.78 is 18.2. The van der Waals surface area contributed by atoms with Gasteiger partial charge in [-0.15, -0.1) is 0 Å². The van der Waals surface area contributed by atoms with Gasteiger partial charge in [-0.05, 0) is 42.1 Å². The number of benzene rings is 1. The number of halogens is 1. The van der Waals surface area contributed by atoms with Crippen LogP contribution in [0.15, 0.2) is 24.5 Å². The number of carbonyl (C=O) groups is 1. The fraction of sp³-hybridized carbons (Fsp3) is 0.400. The van der Waals surface area contributed by atoms with Crippen molar-refractivity contribution in [3.8, 4) is 11.5 Å². The van der Waals surface area contributed by atoms with Crippen LogP contribution in [0, 0.1) is 0 Å². The first-order valence-corrected chi connectivity index (χ1v) is 10.4. The lowest BCUT2D eigenvalue weighted by Crippen LogP contribution is -2.24. The SMILES string of the molecule is CNc1nc(Cl)nc2c1ncn2CCCCOC(=O)NCc1ccc2c(c1)OCCO2. The number of alkyl carbamates (subject to hydrolysis) is 1. The normalized spacial score (nSPS) is 12.6. The monoisotopic (exact) mass is 446 g/mol. The number of aryl methyl sites for hydroxylation is 1. The summed E-state index contributed by atoms with van der Waals surface area (Å²) in [7, 11) is 1.76. The molecule has 1 aromatic carbocycles. The maximum atomic E-state index is 11.9. The van der Waals surface area contributed by atoms with Gasteiger partial charge in [0.15, 0.2) is 28.5 Å². The van der Waals surface area contributed by atoms with Crippen LogP contribution in [0.5, 0.6) is 11.5 Å². The fourth-order valence-electron chi connectivity index (χ4n) is 3.23.